The molecule has 1 aliphatic rings. The molecule has 4 nitrogen and oxygen atoms in total. The summed E-state index contributed by atoms with van der Waals surface area (Å²) in [6.45, 7) is 14.1. The zero-order valence-electron chi connectivity index (χ0n) is 15.1. The van der Waals surface area contributed by atoms with Crippen molar-refractivity contribution in [1.29, 1.82) is 0 Å². The summed E-state index contributed by atoms with van der Waals surface area (Å²) in [5.74, 6) is 0.689. The van der Waals surface area contributed by atoms with Gasteiger partial charge >= 0.3 is 0 Å². The van der Waals surface area contributed by atoms with Gasteiger partial charge in [0.05, 0.1) is 4.90 Å². The molecule has 1 aliphatic heterocycles. The maximum atomic E-state index is 13.0. The fourth-order valence-corrected chi connectivity index (χ4v) is 5.17. The van der Waals surface area contributed by atoms with Crippen LogP contribution in [0.4, 0.5) is 0 Å². The van der Waals surface area contributed by atoms with Gasteiger partial charge in [0, 0.05) is 26.2 Å². The van der Waals surface area contributed by atoms with Gasteiger partial charge in [-0.15, -0.1) is 0 Å². The van der Waals surface area contributed by atoms with Gasteiger partial charge in [-0.25, -0.2) is 8.42 Å². The Labute approximate surface area is 141 Å². The summed E-state index contributed by atoms with van der Waals surface area (Å²) in [7, 11) is -3.39. The van der Waals surface area contributed by atoms with Crippen molar-refractivity contribution >= 4 is 10.0 Å². The van der Waals surface area contributed by atoms with Crippen molar-refractivity contribution in [2.75, 3.05) is 32.7 Å². The van der Waals surface area contributed by atoms with Crippen LogP contribution in [0.25, 0.3) is 0 Å². The van der Waals surface area contributed by atoms with Crippen molar-refractivity contribution in [2.24, 2.45) is 5.92 Å². The molecule has 0 radical (unpaired) electrons. The molecule has 0 atom stereocenters. The summed E-state index contributed by atoms with van der Waals surface area (Å²) < 4.78 is 27.7. The zero-order chi connectivity index (χ0) is 17.2. The fraction of sp³-hybridized carbons (Fsp3) is 0.667. The van der Waals surface area contributed by atoms with Crippen LogP contribution >= 0.6 is 0 Å². The van der Waals surface area contributed by atoms with Crippen LogP contribution in [-0.2, 0) is 10.0 Å². The number of piperazine rings is 1. The molecule has 23 heavy (non-hydrogen) atoms. The standard InChI is InChI=1S/C18H30N2O2S/c1-14(2)6-7-19-8-10-20(11-9-19)23(21,22)18-16(4)12-15(3)13-17(18)5/h12-14H,6-11H2,1-5H3. The summed E-state index contributed by atoms with van der Waals surface area (Å²) >= 11 is 0. The molecule has 0 unspecified atom stereocenters. The molecule has 0 saturated carbocycles. The molecule has 130 valence electrons. The molecule has 1 aromatic carbocycles. The average Bonchev–Trinajstić information content (AvgIpc) is 2.44. The number of aryl methyl sites for hydroxylation is 3. The molecule has 5 heteroatoms. The molecule has 0 bridgehead atoms. The Bertz CT molecular complexity index is 622. The minimum absolute atomic E-state index is 0.499. The third-order valence-corrected chi connectivity index (χ3v) is 6.76. The number of sulfonamides is 1. The normalized spacial score (nSPS) is 17.8. The lowest BCUT2D eigenvalue weighted by atomic mass is 10.1. The van der Waals surface area contributed by atoms with E-state index in [2.05, 4.69) is 18.7 Å². The Morgan fingerprint density at radius 2 is 1.52 bits per heavy atom. The quantitative estimate of drug-likeness (QED) is 0.829. The Hall–Kier alpha value is -0.910. The van der Waals surface area contributed by atoms with Crippen LogP contribution in [0, 0.1) is 26.7 Å². The summed E-state index contributed by atoms with van der Waals surface area (Å²) in [5, 5.41) is 0. The highest BCUT2D eigenvalue weighted by Crippen LogP contribution is 2.26. The lowest BCUT2D eigenvalue weighted by molar-refractivity contribution is 0.180. The summed E-state index contributed by atoms with van der Waals surface area (Å²) in [6, 6.07) is 3.91. The van der Waals surface area contributed by atoms with E-state index in [0.29, 0.717) is 23.9 Å². The van der Waals surface area contributed by atoms with E-state index in [0.717, 1.165) is 36.3 Å². The second-order valence-corrected chi connectivity index (χ2v) is 9.03. The lowest BCUT2D eigenvalue weighted by Gasteiger charge is -2.34. The van der Waals surface area contributed by atoms with Crippen LogP contribution in [0.5, 0.6) is 0 Å². The van der Waals surface area contributed by atoms with Gasteiger partial charge in [-0.1, -0.05) is 31.5 Å². The van der Waals surface area contributed by atoms with E-state index in [1.807, 2.05) is 32.9 Å². The first kappa shape index (κ1) is 18.4. The van der Waals surface area contributed by atoms with Gasteiger partial charge in [0.25, 0.3) is 0 Å². The molecule has 1 saturated heterocycles. The second kappa shape index (κ2) is 7.32. The molecular formula is C18H30N2O2S. The number of nitrogens with zero attached hydrogens (tertiary/aromatic N) is 2. The van der Waals surface area contributed by atoms with E-state index in [-0.39, 0.29) is 0 Å². The third-order valence-electron chi connectivity index (χ3n) is 4.56. The van der Waals surface area contributed by atoms with Gasteiger partial charge in [-0.05, 0) is 50.8 Å². The molecule has 0 N–H and O–H groups in total. The first-order chi connectivity index (χ1) is 10.7. The van der Waals surface area contributed by atoms with Crippen molar-refractivity contribution in [3.63, 3.8) is 0 Å². The van der Waals surface area contributed by atoms with Crippen molar-refractivity contribution in [2.45, 2.75) is 45.9 Å². The topological polar surface area (TPSA) is 40.6 Å². The predicted molar refractivity (Wildman–Crippen MR) is 95.3 cm³/mol. The highest BCUT2D eigenvalue weighted by Gasteiger charge is 2.30. The first-order valence-corrected chi connectivity index (χ1v) is 9.96. The van der Waals surface area contributed by atoms with Gasteiger partial charge < -0.3 is 4.90 Å². The average molecular weight is 339 g/mol. The number of benzene rings is 1. The largest absolute Gasteiger partial charge is 0.301 e. The van der Waals surface area contributed by atoms with Gasteiger partial charge in [0.1, 0.15) is 0 Å². The molecule has 0 aliphatic carbocycles. The van der Waals surface area contributed by atoms with Crippen molar-refractivity contribution in [3.05, 3.63) is 28.8 Å². The van der Waals surface area contributed by atoms with E-state index in [4.69, 9.17) is 0 Å². The van der Waals surface area contributed by atoms with Crippen molar-refractivity contribution in [1.82, 2.24) is 9.21 Å². The summed E-state index contributed by atoms with van der Waals surface area (Å²) in [5.41, 5.74) is 2.81. The van der Waals surface area contributed by atoms with Crippen LogP contribution in [0.15, 0.2) is 17.0 Å². The Morgan fingerprint density at radius 3 is 2.00 bits per heavy atom. The van der Waals surface area contributed by atoms with Crippen LogP contribution in [0.3, 0.4) is 0 Å². The Balaban J connectivity index is 2.11. The second-order valence-electron chi connectivity index (χ2n) is 7.16. The SMILES string of the molecule is Cc1cc(C)c(S(=O)(=O)N2CCN(CCC(C)C)CC2)c(C)c1. The summed E-state index contributed by atoms with van der Waals surface area (Å²) in [6.07, 6.45) is 1.17. The number of rotatable bonds is 5. The lowest BCUT2D eigenvalue weighted by Crippen LogP contribution is -2.49. The van der Waals surface area contributed by atoms with Gasteiger partial charge in [0.15, 0.2) is 0 Å². The van der Waals surface area contributed by atoms with E-state index in [9.17, 15) is 8.42 Å². The Kier molecular flexibility index (Phi) is 5.87. The highest BCUT2D eigenvalue weighted by molar-refractivity contribution is 7.89. The molecule has 1 aromatic rings. The third kappa shape index (κ3) is 4.34. The summed E-state index contributed by atoms with van der Waals surface area (Å²) in [4.78, 5) is 2.87. The Morgan fingerprint density at radius 1 is 1.00 bits per heavy atom. The van der Waals surface area contributed by atoms with Crippen LogP contribution in [0.2, 0.25) is 0 Å². The molecule has 0 amide bonds. The van der Waals surface area contributed by atoms with E-state index in [1.54, 1.807) is 4.31 Å². The van der Waals surface area contributed by atoms with Crippen molar-refractivity contribution < 1.29 is 8.42 Å². The molecular weight excluding hydrogens is 308 g/mol. The van der Waals surface area contributed by atoms with E-state index >= 15 is 0 Å². The molecule has 2 rings (SSSR count). The monoisotopic (exact) mass is 338 g/mol. The minimum atomic E-state index is -3.39. The van der Waals surface area contributed by atoms with Crippen LogP contribution < -0.4 is 0 Å². The minimum Gasteiger partial charge on any atom is -0.301 e. The van der Waals surface area contributed by atoms with Crippen LogP contribution in [0.1, 0.15) is 37.0 Å². The maximum Gasteiger partial charge on any atom is 0.243 e. The maximum absolute atomic E-state index is 13.0. The van der Waals surface area contributed by atoms with Crippen LogP contribution in [-0.4, -0.2) is 50.3 Å². The molecule has 0 spiro atoms. The van der Waals surface area contributed by atoms with Gasteiger partial charge in [-0.3, -0.25) is 0 Å². The van der Waals surface area contributed by atoms with Crippen molar-refractivity contribution in [3.8, 4) is 0 Å². The smallest absolute Gasteiger partial charge is 0.243 e. The molecule has 1 fully saturated rings. The number of hydrogen-bond donors (Lipinski definition) is 0. The first-order valence-electron chi connectivity index (χ1n) is 8.52. The molecule has 0 aromatic heterocycles. The molecule has 1 heterocycles. The van der Waals surface area contributed by atoms with Gasteiger partial charge in [0.2, 0.25) is 10.0 Å². The van der Waals surface area contributed by atoms with E-state index < -0.39 is 10.0 Å². The fourth-order valence-electron chi connectivity index (χ4n) is 3.34. The number of hydrogen-bond acceptors (Lipinski definition) is 3. The predicted octanol–water partition coefficient (Wildman–Crippen LogP) is 2.96. The highest BCUT2D eigenvalue weighted by atomic mass is 32.2. The van der Waals surface area contributed by atoms with E-state index in [1.165, 1.54) is 6.42 Å². The zero-order valence-corrected chi connectivity index (χ0v) is 15.9. The van der Waals surface area contributed by atoms with Gasteiger partial charge in [-0.2, -0.15) is 4.31 Å².